The first-order chi connectivity index (χ1) is 20.3. The van der Waals surface area contributed by atoms with Crippen LogP contribution in [0.4, 0.5) is 0 Å². The van der Waals surface area contributed by atoms with E-state index in [0.717, 1.165) is 30.8 Å². The Morgan fingerprint density at radius 1 is 0.634 bits per heavy atom. The van der Waals surface area contributed by atoms with Crippen LogP contribution in [0.1, 0.15) is 46.6 Å². The van der Waals surface area contributed by atoms with Crippen molar-refractivity contribution in [3.63, 3.8) is 0 Å². The Labute approximate surface area is 240 Å². The van der Waals surface area contributed by atoms with Gasteiger partial charge in [0.1, 0.15) is 11.5 Å². The third kappa shape index (κ3) is 3.49. The number of benzene rings is 6. The number of aryl methyl sites for hydroxylation is 1. The Morgan fingerprint density at radius 3 is 2.32 bits per heavy atom. The third-order valence-corrected chi connectivity index (χ3v) is 9.24. The van der Waals surface area contributed by atoms with Crippen molar-refractivity contribution in [3.8, 4) is 33.8 Å². The summed E-state index contributed by atoms with van der Waals surface area (Å²) in [6.45, 7) is 0. The van der Waals surface area contributed by atoms with Crippen molar-refractivity contribution in [1.82, 2.24) is 0 Å². The topological polar surface area (TPSA) is 9.23 Å². The van der Waals surface area contributed by atoms with E-state index in [2.05, 4.69) is 127 Å². The molecule has 0 bridgehead atoms. The second-order valence-electron chi connectivity index (χ2n) is 11.5. The van der Waals surface area contributed by atoms with Crippen molar-refractivity contribution in [3.05, 3.63) is 143 Å². The van der Waals surface area contributed by atoms with Gasteiger partial charge in [0, 0.05) is 22.6 Å². The first kappa shape index (κ1) is 22.9. The number of allylic oxidation sites excluding steroid dienone is 2. The van der Waals surface area contributed by atoms with E-state index in [9.17, 15) is 0 Å². The summed E-state index contributed by atoms with van der Waals surface area (Å²) in [5.74, 6) is 2.31. The zero-order valence-corrected chi connectivity index (χ0v) is 22.7. The molecular weight excluding hydrogens is 496 g/mol. The van der Waals surface area contributed by atoms with Crippen LogP contribution in [0.25, 0.3) is 56.0 Å². The largest absolute Gasteiger partial charge is 0.456 e. The minimum atomic E-state index is 0.313. The van der Waals surface area contributed by atoms with Crippen LogP contribution in [-0.2, 0) is 6.42 Å². The highest BCUT2D eigenvalue weighted by atomic mass is 16.5. The average molecular weight is 525 g/mol. The highest BCUT2D eigenvalue weighted by molar-refractivity contribution is 6.07. The molecule has 1 heterocycles. The fraction of sp³-hybridized carbons (Fsp3) is 0.100. The molecule has 1 nitrogen and oxygen atoms in total. The van der Waals surface area contributed by atoms with Gasteiger partial charge in [-0.2, -0.15) is 0 Å². The standard InChI is InChI=1S/C40H28O/c1-2-9-26-22-27(17-16-25(26)8-1)28-18-19-30-24-31(21-20-29(30)23-28)38-34-12-4-3-10-32(34)35-13-7-14-36-33-11-5-6-15-37(33)41-40(38)39(35)36/h1,3-8,10-13,15-24,36H,2,9,14H2. The molecule has 0 saturated carbocycles. The minimum absolute atomic E-state index is 0.313. The van der Waals surface area contributed by atoms with Crippen LogP contribution in [0.15, 0.2) is 115 Å². The maximum atomic E-state index is 6.81. The Balaban J connectivity index is 1.22. The molecule has 41 heavy (non-hydrogen) atoms. The molecule has 1 heteroatoms. The van der Waals surface area contributed by atoms with Gasteiger partial charge in [0.2, 0.25) is 0 Å². The van der Waals surface area contributed by atoms with Gasteiger partial charge in [-0.15, -0.1) is 0 Å². The molecule has 3 aliphatic rings. The predicted octanol–water partition coefficient (Wildman–Crippen LogP) is 10.9. The maximum Gasteiger partial charge on any atom is 0.140 e. The molecule has 0 radical (unpaired) electrons. The Morgan fingerprint density at radius 2 is 1.39 bits per heavy atom. The number of para-hydroxylation sites is 1. The van der Waals surface area contributed by atoms with Crippen LogP contribution < -0.4 is 4.74 Å². The van der Waals surface area contributed by atoms with Crippen molar-refractivity contribution >= 4 is 33.7 Å². The van der Waals surface area contributed by atoms with Gasteiger partial charge in [-0.3, -0.25) is 0 Å². The normalized spacial score (nSPS) is 16.2. The van der Waals surface area contributed by atoms with Gasteiger partial charge < -0.3 is 4.74 Å². The molecule has 1 unspecified atom stereocenters. The monoisotopic (exact) mass is 524 g/mol. The molecule has 0 aromatic heterocycles. The Hall–Kier alpha value is -4.88. The van der Waals surface area contributed by atoms with Crippen LogP contribution in [0.5, 0.6) is 11.5 Å². The molecule has 1 atom stereocenters. The SMILES string of the molecule is C1=Cc2ccc(-c3ccc4cc(-c5c6c7c(c8ccccc58)C=CCC7c5ccccc5O6)ccc4c3)cc2CC1. The van der Waals surface area contributed by atoms with E-state index >= 15 is 0 Å². The van der Waals surface area contributed by atoms with Gasteiger partial charge in [0.15, 0.2) is 0 Å². The van der Waals surface area contributed by atoms with Crippen molar-refractivity contribution < 1.29 is 4.74 Å². The van der Waals surface area contributed by atoms with Gasteiger partial charge in [-0.05, 0) is 92.4 Å². The second kappa shape index (κ2) is 8.81. The quantitative estimate of drug-likeness (QED) is 0.219. The molecule has 0 amide bonds. The fourth-order valence-corrected chi connectivity index (χ4v) is 7.27. The Bertz CT molecular complexity index is 2110. The minimum Gasteiger partial charge on any atom is -0.456 e. The first-order valence-corrected chi connectivity index (χ1v) is 14.7. The number of hydrogen-bond acceptors (Lipinski definition) is 1. The average Bonchev–Trinajstić information content (AvgIpc) is 3.04. The molecular formula is C40H28O. The van der Waals surface area contributed by atoms with Crippen molar-refractivity contribution in [2.24, 2.45) is 0 Å². The number of ether oxygens (including phenoxy) is 1. The first-order valence-electron chi connectivity index (χ1n) is 14.7. The highest BCUT2D eigenvalue weighted by Gasteiger charge is 2.34. The lowest BCUT2D eigenvalue weighted by Crippen LogP contribution is -2.14. The summed E-state index contributed by atoms with van der Waals surface area (Å²) in [7, 11) is 0. The maximum absolute atomic E-state index is 6.81. The van der Waals surface area contributed by atoms with Gasteiger partial charge in [-0.25, -0.2) is 0 Å². The Kier molecular flexibility index (Phi) is 4.92. The van der Waals surface area contributed by atoms with E-state index in [4.69, 9.17) is 4.74 Å². The molecule has 0 fully saturated rings. The predicted molar refractivity (Wildman–Crippen MR) is 172 cm³/mol. The van der Waals surface area contributed by atoms with Crippen LogP contribution >= 0.6 is 0 Å². The molecule has 9 rings (SSSR count). The summed E-state index contributed by atoms with van der Waals surface area (Å²) in [5, 5.41) is 5.04. The number of fused-ring (bicyclic) bond motifs is 6. The van der Waals surface area contributed by atoms with Crippen molar-refractivity contribution in [2.75, 3.05) is 0 Å². The third-order valence-electron chi connectivity index (χ3n) is 9.24. The van der Waals surface area contributed by atoms with Crippen molar-refractivity contribution in [2.45, 2.75) is 25.2 Å². The molecule has 2 aliphatic carbocycles. The van der Waals surface area contributed by atoms with E-state index < -0.39 is 0 Å². The lowest BCUT2D eigenvalue weighted by Gasteiger charge is -2.34. The summed E-state index contributed by atoms with van der Waals surface area (Å²) in [4.78, 5) is 0. The summed E-state index contributed by atoms with van der Waals surface area (Å²) >= 11 is 0. The summed E-state index contributed by atoms with van der Waals surface area (Å²) in [6, 6.07) is 38.1. The highest BCUT2D eigenvalue weighted by Crippen LogP contribution is 2.55. The molecule has 6 aromatic rings. The van der Waals surface area contributed by atoms with E-state index in [0.29, 0.717) is 5.92 Å². The molecule has 0 saturated heterocycles. The lowest BCUT2D eigenvalue weighted by molar-refractivity contribution is 0.447. The van der Waals surface area contributed by atoms with E-state index in [-0.39, 0.29) is 0 Å². The summed E-state index contributed by atoms with van der Waals surface area (Å²) < 4.78 is 6.81. The van der Waals surface area contributed by atoms with Gasteiger partial charge >= 0.3 is 0 Å². The fourth-order valence-electron chi connectivity index (χ4n) is 7.27. The van der Waals surface area contributed by atoms with Crippen LogP contribution in [0.3, 0.4) is 0 Å². The summed E-state index contributed by atoms with van der Waals surface area (Å²) in [5.41, 5.74) is 11.7. The van der Waals surface area contributed by atoms with Crippen LogP contribution in [0.2, 0.25) is 0 Å². The van der Waals surface area contributed by atoms with E-state index in [1.54, 1.807) is 0 Å². The van der Waals surface area contributed by atoms with E-state index in [1.807, 2.05) is 0 Å². The van der Waals surface area contributed by atoms with Crippen molar-refractivity contribution in [1.29, 1.82) is 0 Å². The van der Waals surface area contributed by atoms with Crippen LogP contribution in [0, 0.1) is 0 Å². The van der Waals surface area contributed by atoms with Gasteiger partial charge in [0.25, 0.3) is 0 Å². The molecule has 1 aliphatic heterocycles. The molecule has 0 spiro atoms. The molecule has 0 N–H and O–H groups in total. The molecule has 194 valence electrons. The summed E-state index contributed by atoms with van der Waals surface area (Å²) in [6.07, 6.45) is 12.4. The number of rotatable bonds is 2. The zero-order valence-electron chi connectivity index (χ0n) is 22.7. The zero-order chi connectivity index (χ0) is 26.9. The van der Waals surface area contributed by atoms with Gasteiger partial charge in [-0.1, -0.05) is 109 Å². The van der Waals surface area contributed by atoms with Gasteiger partial charge in [0.05, 0.1) is 0 Å². The molecule has 6 aromatic carbocycles. The smallest absolute Gasteiger partial charge is 0.140 e. The lowest BCUT2D eigenvalue weighted by atomic mass is 9.76. The second-order valence-corrected chi connectivity index (χ2v) is 11.5. The number of hydrogen-bond donors (Lipinski definition) is 0. The van der Waals surface area contributed by atoms with E-state index in [1.165, 1.54) is 71.6 Å². The van der Waals surface area contributed by atoms with Crippen LogP contribution in [-0.4, -0.2) is 0 Å².